The standard InChI is InChI=1S/C11H13FO3/c1-7(11(13)14)5-8-3-4-10(15-2)9(12)6-8/h3-5,8H,6H2,1-2H3,(H,13,14). The van der Waals surface area contributed by atoms with E-state index in [2.05, 4.69) is 0 Å². The fraction of sp³-hybridized carbons (Fsp3) is 0.364. The van der Waals surface area contributed by atoms with E-state index in [9.17, 15) is 9.18 Å². The number of hydrogen-bond acceptors (Lipinski definition) is 2. The molecule has 1 aliphatic carbocycles. The normalized spacial score (nSPS) is 21.8. The van der Waals surface area contributed by atoms with Crippen LogP contribution >= 0.6 is 0 Å². The van der Waals surface area contributed by atoms with E-state index in [1.54, 1.807) is 6.08 Å². The van der Waals surface area contributed by atoms with Gasteiger partial charge >= 0.3 is 5.97 Å². The van der Waals surface area contributed by atoms with Crippen molar-refractivity contribution >= 4 is 5.97 Å². The molecule has 0 fully saturated rings. The van der Waals surface area contributed by atoms with Crippen molar-refractivity contribution in [1.82, 2.24) is 0 Å². The molecular weight excluding hydrogens is 199 g/mol. The van der Waals surface area contributed by atoms with Crippen LogP contribution in [0, 0.1) is 5.92 Å². The molecule has 4 heteroatoms. The Morgan fingerprint density at radius 3 is 2.87 bits per heavy atom. The first-order chi connectivity index (χ1) is 7.04. The van der Waals surface area contributed by atoms with Crippen molar-refractivity contribution < 1.29 is 19.0 Å². The summed E-state index contributed by atoms with van der Waals surface area (Å²) in [6, 6.07) is 0. The third kappa shape index (κ3) is 2.94. The highest BCUT2D eigenvalue weighted by Gasteiger charge is 2.16. The van der Waals surface area contributed by atoms with Crippen LogP contribution in [0.25, 0.3) is 0 Å². The minimum atomic E-state index is -0.981. The van der Waals surface area contributed by atoms with E-state index >= 15 is 0 Å². The summed E-state index contributed by atoms with van der Waals surface area (Å²) >= 11 is 0. The van der Waals surface area contributed by atoms with Gasteiger partial charge < -0.3 is 9.84 Å². The Hall–Kier alpha value is -1.58. The van der Waals surface area contributed by atoms with Crippen LogP contribution in [0.1, 0.15) is 13.3 Å². The summed E-state index contributed by atoms with van der Waals surface area (Å²) in [7, 11) is 1.40. The highest BCUT2D eigenvalue weighted by atomic mass is 19.1. The maximum absolute atomic E-state index is 13.3. The van der Waals surface area contributed by atoms with Crippen LogP contribution in [0.3, 0.4) is 0 Å². The fourth-order valence-electron chi connectivity index (χ4n) is 1.36. The first kappa shape index (κ1) is 11.5. The predicted molar refractivity (Wildman–Crippen MR) is 53.8 cm³/mol. The van der Waals surface area contributed by atoms with Gasteiger partial charge in [0.2, 0.25) is 0 Å². The van der Waals surface area contributed by atoms with Crippen molar-refractivity contribution in [2.75, 3.05) is 7.11 Å². The summed E-state index contributed by atoms with van der Waals surface area (Å²) < 4.78 is 18.1. The molecular formula is C11H13FO3. The quantitative estimate of drug-likeness (QED) is 0.731. The molecule has 0 saturated carbocycles. The van der Waals surface area contributed by atoms with Crippen molar-refractivity contribution in [2.45, 2.75) is 13.3 Å². The lowest BCUT2D eigenvalue weighted by molar-refractivity contribution is -0.132. The van der Waals surface area contributed by atoms with Crippen molar-refractivity contribution in [3.05, 3.63) is 35.4 Å². The van der Waals surface area contributed by atoms with Gasteiger partial charge in [-0.25, -0.2) is 9.18 Å². The monoisotopic (exact) mass is 212 g/mol. The summed E-state index contributed by atoms with van der Waals surface area (Å²) in [5.41, 5.74) is 0.221. The zero-order chi connectivity index (χ0) is 11.4. The summed E-state index contributed by atoms with van der Waals surface area (Å²) in [5, 5.41) is 8.65. The van der Waals surface area contributed by atoms with Crippen molar-refractivity contribution in [1.29, 1.82) is 0 Å². The molecule has 1 unspecified atom stereocenters. The zero-order valence-corrected chi connectivity index (χ0v) is 8.66. The number of carbonyl (C=O) groups is 1. The van der Waals surface area contributed by atoms with E-state index in [-0.39, 0.29) is 29.5 Å². The molecule has 0 aromatic carbocycles. The van der Waals surface area contributed by atoms with Crippen LogP contribution in [0.2, 0.25) is 0 Å². The molecule has 1 N–H and O–H groups in total. The molecule has 0 heterocycles. The van der Waals surface area contributed by atoms with Crippen LogP contribution in [-0.4, -0.2) is 18.2 Å². The predicted octanol–water partition coefficient (Wildman–Crippen LogP) is 2.42. The van der Waals surface area contributed by atoms with Gasteiger partial charge in [-0.05, 0) is 13.0 Å². The van der Waals surface area contributed by atoms with Gasteiger partial charge in [-0.15, -0.1) is 0 Å². The van der Waals surface area contributed by atoms with Gasteiger partial charge in [0.05, 0.1) is 7.11 Å². The molecule has 0 aliphatic heterocycles. The van der Waals surface area contributed by atoms with Gasteiger partial charge in [-0.2, -0.15) is 0 Å². The number of methoxy groups -OCH3 is 1. The third-order valence-corrected chi connectivity index (χ3v) is 2.20. The number of allylic oxidation sites excluding steroid dienone is 4. The van der Waals surface area contributed by atoms with Crippen LogP contribution in [0.5, 0.6) is 0 Å². The molecule has 0 aromatic heterocycles. The Morgan fingerprint density at radius 1 is 1.73 bits per heavy atom. The van der Waals surface area contributed by atoms with Crippen molar-refractivity contribution in [3.8, 4) is 0 Å². The van der Waals surface area contributed by atoms with Crippen LogP contribution < -0.4 is 0 Å². The van der Waals surface area contributed by atoms with Gasteiger partial charge in [0.1, 0.15) is 11.6 Å². The Balaban J connectivity index is 2.74. The van der Waals surface area contributed by atoms with Crippen LogP contribution in [-0.2, 0) is 9.53 Å². The molecule has 0 bridgehead atoms. The SMILES string of the molecule is COC1=C(F)CC(C=C(C)C(=O)O)C=C1. The largest absolute Gasteiger partial charge is 0.494 e. The molecule has 82 valence electrons. The molecule has 0 aromatic rings. The first-order valence-electron chi connectivity index (χ1n) is 4.57. The number of rotatable bonds is 3. The minimum Gasteiger partial charge on any atom is -0.494 e. The lowest BCUT2D eigenvalue weighted by Gasteiger charge is -2.14. The molecule has 0 saturated heterocycles. The van der Waals surface area contributed by atoms with Gasteiger partial charge in [-0.1, -0.05) is 12.2 Å². The number of carboxylic acids is 1. The molecule has 1 atom stereocenters. The van der Waals surface area contributed by atoms with Crippen LogP contribution in [0.4, 0.5) is 4.39 Å². The summed E-state index contributed by atoms with van der Waals surface area (Å²) in [6.45, 7) is 1.49. The zero-order valence-electron chi connectivity index (χ0n) is 8.66. The van der Waals surface area contributed by atoms with Crippen LogP contribution in [0.15, 0.2) is 35.4 Å². The molecule has 1 aliphatic rings. The lowest BCUT2D eigenvalue weighted by atomic mass is 9.97. The van der Waals surface area contributed by atoms with E-state index < -0.39 is 5.97 Å². The molecule has 0 radical (unpaired) electrons. The second kappa shape index (κ2) is 4.77. The van der Waals surface area contributed by atoms with E-state index in [4.69, 9.17) is 9.84 Å². The summed E-state index contributed by atoms with van der Waals surface area (Å²) in [6.07, 6.45) is 4.94. The van der Waals surface area contributed by atoms with Crippen molar-refractivity contribution in [2.24, 2.45) is 5.92 Å². The van der Waals surface area contributed by atoms with Gasteiger partial charge in [0.15, 0.2) is 0 Å². The summed E-state index contributed by atoms with van der Waals surface area (Å²) in [5.74, 6) is -1.32. The third-order valence-electron chi connectivity index (χ3n) is 2.20. The molecule has 1 rings (SSSR count). The van der Waals surface area contributed by atoms with Gasteiger partial charge in [0, 0.05) is 17.9 Å². The fourth-order valence-corrected chi connectivity index (χ4v) is 1.36. The van der Waals surface area contributed by atoms with E-state index in [1.165, 1.54) is 26.2 Å². The number of halogens is 1. The molecule has 0 amide bonds. The van der Waals surface area contributed by atoms with E-state index in [1.807, 2.05) is 0 Å². The molecule has 15 heavy (non-hydrogen) atoms. The number of ether oxygens (including phenoxy) is 1. The first-order valence-corrected chi connectivity index (χ1v) is 4.57. The average Bonchev–Trinajstić information content (AvgIpc) is 2.18. The number of aliphatic carboxylic acids is 1. The Bertz CT molecular complexity index is 353. The van der Waals surface area contributed by atoms with Crippen molar-refractivity contribution in [3.63, 3.8) is 0 Å². The Kier molecular flexibility index (Phi) is 3.66. The second-order valence-corrected chi connectivity index (χ2v) is 3.36. The van der Waals surface area contributed by atoms with E-state index in [0.29, 0.717) is 0 Å². The second-order valence-electron chi connectivity index (χ2n) is 3.36. The lowest BCUT2D eigenvalue weighted by Crippen LogP contribution is -2.05. The van der Waals surface area contributed by atoms with Gasteiger partial charge in [-0.3, -0.25) is 0 Å². The summed E-state index contributed by atoms with van der Waals surface area (Å²) in [4.78, 5) is 10.6. The highest BCUT2D eigenvalue weighted by molar-refractivity contribution is 5.85. The smallest absolute Gasteiger partial charge is 0.330 e. The topological polar surface area (TPSA) is 46.5 Å². The maximum atomic E-state index is 13.3. The maximum Gasteiger partial charge on any atom is 0.330 e. The molecule has 3 nitrogen and oxygen atoms in total. The minimum absolute atomic E-state index is 0.157. The van der Waals surface area contributed by atoms with Gasteiger partial charge in [0.25, 0.3) is 0 Å². The number of hydrogen-bond donors (Lipinski definition) is 1. The molecule has 0 spiro atoms. The Morgan fingerprint density at radius 2 is 2.40 bits per heavy atom. The highest BCUT2D eigenvalue weighted by Crippen LogP contribution is 2.26. The average molecular weight is 212 g/mol. The Labute approximate surface area is 87.5 Å². The number of carboxylic acid groups (broad SMARTS) is 1. The van der Waals surface area contributed by atoms with E-state index in [0.717, 1.165) is 0 Å².